The second-order valence-corrected chi connectivity index (χ2v) is 4.37. The Bertz CT molecular complexity index is 777. The van der Waals surface area contributed by atoms with Gasteiger partial charge < -0.3 is 0 Å². The third-order valence-electron chi connectivity index (χ3n) is 2.99. The summed E-state index contributed by atoms with van der Waals surface area (Å²) in [5, 5.41) is 0. The minimum absolute atomic E-state index is 0.0224. The summed E-state index contributed by atoms with van der Waals surface area (Å²) in [6.45, 7) is 0. The lowest BCUT2D eigenvalue weighted by Gasteiger charge is -2.07. The number of halogens is 3. The second-order valence-electron chi connectivity index (χ2n) is 4.37. The molecule has 0 spiro atoms. The Hall–Kier alpha value is -2.83. The molecule has 0 aliphatic heterocycles. The minimum Gasteiger partial charge on any atom is -0.252 e. The zero-order valence-electron chi connectivity index (χ0n) is 11.1. The first kappa shape index (κ1) is 14.1. The van der Waals surface area contributed by atoms with Crippen LogP contribution in [-0.4, -0.2) is 19.9 Å². The smallest absolute Gasteiger partial charge is 0.252 e. The van der Waals surface area contributed by atoms with E-state index in [2.05, 4.69) is 19.9 Å². The summed E-state index contributed by atoms with van der Waals surface area (Å²) in [5.41, 5.74) is -0.102. The van der Waals surface area contributed by atoms with Gasteiger partial charge in [-0.1, -0.05) is 12.1 Å². The van der Waals surface area contributed by atoms with Crippen LogP contribution >= 0.6 is 0 Å². The molecule has 2 aromatic heterocycles. The molecule has 2 heterocycles. The van der Waals surface area contributed by atoms with Gasteiger partial charge >= 0.3 is 0 Å². The van der Waals surface area contributed by atoms with Crippen molar-refractivity contribution in [2.24, 2.45) is 0 Å². The first-order chi connectivity index (χ1) is 10.7. The summed E-state index contributed by atoms with van der Waals surface area (Å²) in [6.07, 6.45) is 2.91. The Kier molecular flexibility index (Phi) is 3.78. The number of benzene rings is 1. The predicted molar refractivity (Wildman–Crippen MR) is 73.4 cm³/mol. The van der Waals surface area contributed by atoms with Gasteiger partial charge in [0.05, 0.1) is 23.7 Å². The van der Waals surface area contributed by atoms with Crippen molar-refractivity contribution in [3.63, 3.8) is 0 Å². The number of hydrogen-bond donors (Lipinski definition) is 0. The first-order valence-corrected chi connectivity index (χ1v) is 6.33. The van der Waals surface area contributed by atoms with Gasteiger partial charge in [0, 0.05) is 18.0 Å². The molecule has 3 aromatic rings. The van der Waals surface area contributed by atoms with Gasteiger partial charge in [-0.3, -0.25) is 4.98 Å². The van der Waals surface area contributed by atoms with E-state index in [0.29, 0.717) is 11.5 Å². The first-order valence-electron chi connectivity index (χ1n) is 6.33. The van der Waals surface area contributed by atoms with E-state index in [0.717, 1.165) is 6.07 Å². The zero-order valence-corrected chi connectivity index (χ0v) is 11.1. The highest BCUT2D eigenvalue weighted by Crippen LogP contribution is 2.29. The molecule has 22 heavy (non-hydrogen) atoms. The predicted octanol–water partition coefficient (Wildman–Crippen LogP) is 3.68. The molecular weight excluding hydrogens is 293 g/mol. The summed E-state index contributed by atoms with van der Waals surface area (Å²) in [6, 6.07) is 5.44. The molecule has 0 aliphatic rings. The van der Waals surface area contributed by atoms with Gasteiger partial charge in [0.2, 0.25) is 0 Å². The van der Waals surface area contributed by atoms with Crippen LogP contribution in [0, 0.1) is 5.82 Å². The van der Waals surface area contributed by atoms with Crippen LogP contribution in [-0.2, 0) is 0 Å². The topological polar surface area (TPSA) is 51.6 Å². The second kappa shape index (κ2) is 5.88. The monoisotopic (exact) mass is 302 g/mol. The molecule has 0 atom stereocenters. The fourth-order valence-corrected chi connectivity index (χ4v) is 1.93. The molecule has 0 bridgehead atoms. The van der Waals surface area contributed by atoms with Gasteiger partial charge in [0.15, 0.2) is 5.82 Å². The number of aromatic nitrogens is 4. The Morgan fingerprint density at radius 3 is 2.14 bits per heavy atom. The highest BCUT2D eigenvalue weighted by Gasteiger charge is 2.17. The van der Waals surface area contributed by atoms with Crippen LogP contribution in [0.5, 0.6) is 0 Å². The van der Waals surface area contributed by atoms with Gasteiger partial charge in [-0.05, 0) is 12.1 Å². The van der Waals surface area contributed by atoms with Gasteiger partial charge in [0.25, 0.3) is 6.43 Å². The Balaban J connectivity index is 1.99. The van der Waals surface area contributed by atoms with Crippen molar-refractivity contribution in [3.05, 3.63) is 60.4 Å². The Labute approximate surface area is 123 Å². The van der Waals surface area contributed by atoms with Crippen molar-refractivity contribution in [2.45, 2.75) is 6.43 Å². The van der Waals surface area contributed by atoms with E-state index in [1.807, 2.05) is 0 Å². The van der Waals surface area contributed by atoms with E-state index >= 15 is 0 Å². The van der Waals surface area contributed by atoms with Gasteiger partial charge in [-0.25, -0.2) is 28.1 Å². The van der Waals surface area contributed by atoms with Crippen molar-refractivity contribution in [3.8, 4) is 22.8 Å². The maximum atomic E-state index is 14.1. The van der Waals surface area contributed by atoms with Crippen molar-refractivity contribution < 1.29 is 13.2 Å². The molecule has 3 rings (SSSR count). The van der Waals surface area contributed by atoms with Crippen LogP contribution in [0.2, 0.25) is 0 Å². The summed E-state index contributed by atoms with van der Waals surface area (Å²) in [4.78, 5) is 16.2. The van der Waals surface area contributed by atoms with E-state index in [-0.39, 0.29) is 11.3 Å². The quantitative estimate of drug-likeness (QED) is 0.740. The molecule has 0 amide bonds. The van der Waals surface area contributed by atoms with Crippen molar-refractivity contribution in [2.75, 3.05) is 0 Å². The van der Waals surface area contributed by atoms with Gasteiger partial charge in [0.1, 0.15) is 11.5 Å². The van der Waals surface area contributed by atoms with Crippen LogP contribution in [0.1, 0.15) is 12.0 Å². The summed E-state index contributed by atoms with van der Waals surface area (Å²) >= 11 is 0. The minimum atomic E-state index is -2.88. The highest BCUT2D eigenvalue weighted by atomic mass is 19.3. The molecule has 4 nitrogen and oxygen atoms in total. The fraction of sp³-hybridized carbons (Fsp3) is 0.0667. The largest absolute Gasteiger partial charge is 0.266 e. The van der Waals surface area contributed by atoms with Crippen LogP contribution in [0.25, 0.3) is 22.8 Å². The third-order valence-corrected chi connectivity index (χ3v) is 2.99. The Morgan fingerprint density at radius 1 is 0.818 bits per heavy atom. The molecule has 0 unspecified atom stereocenters. The molecule has 0 aliphatic carbocycles. The summed E-state index contributed by atoms with van der Waals surface area (Å²) < 4.78 is 39.5. The summed E-state index contributed by atoms with van der Waals surface area (Å²) in [5.74, 6) is -0.612. The average Bonchev–Trinajstić information content (AvgIpc) is 2.56. The van der Waals surface area contributed by atoms with Crippen LogP contribution in [0.3, 0.4) is 0 Å². The zero-order chi connectivity index (χ0) is 15.5. The number of hydrogen-bond acceptors (Lipinski definition) is 4. The van der Waals surface area contributed by atoms with Crippen molar-refractivity contribution in [1.82, 2.24) is 19.9 Å². The molecule has 7 heteroatoms. The molecule has 1 aromatic carbocycles. The van der Waals surface area contributed by atoms with Gasteiger partial charge in [-0.15, -0.1) is 0 Å². The molecule has 0 saturated heterocycles. The number of rotatable bonds is 3. The maximum Gasteiger partial charge on any atom is 0.266 e. The molecule has 0 radical (unpaired) electrons. The number of alkyl halides is 2. The van der Waals surface area contributed by atoms with E-state index in [4.69, 9.17) is 0 Å². The van der Waals surface area contributed by atoms with Crippen LogP contribution < -0.4 is 0 Å². The van der Waals surface area contributed by atoms with E-state index in [1.54, 1.807) is 18.5 Å². The average molecular weight is 302 g/mol. The Morgan fingerprint density at radius 2 is 1.50 bits per heavy atom. The molecule has 110 valence electrons. The van der Waals surface area contributed by atoms with Crippen molar-refractivity contribution >= 4 is 0 Å². The molecular formula is C15H9F3N4. The standard InChI is InChI=1S/C15H9F3N4/c16-13-9(3-1-4-10(13)14(17)18)11-7-22-12(8-21-11)15-19-5-2-6-20-15/h1-8,14H. The van der Waals surface area contributed by atoms with Gasteiger partial charge in [-0.2, -0.15) is 0 Å². The van der Waals surface area contributed by atoms with E-state index in [1.165, 1.54) is 24.5 Å². The third kappa shape index (κ3) is 2.65. The lowest BCUT2D eigenvalue weighted by atomic mass is 10.1. The lowest BCUT2D eigenvalue weighted by molar-refractivity contribution is 0.146. The maximum absolute atomic E-state index is 14.1. The fourth-order valence-electron chi connectivity index (χ4n) is 1.93. The summed E-state index contributed by atoms with van der Waals surface area (Å²) in [7, 11) is 0. The normalized spacial score (nSPS) is 10.9. The molecule has 0 fully saturated rings. The lowest BCUT2D eigenvalue weighted by Crippen LogP contribution is -1.97. The number of nitrogens with zero attached hydrogens (tertiary/aromatic N) is 4. The SMILES string of the molecule is Fc1c(-c2cnc(-c3ncccn3)cn2)cccc1C(F)F. The van der Waals surface area contributed by atoms with Crippen LogP contribution in [0.15, 0.2) is 49.1 Å². The molecule has 0 saturated carbocycles. The highest BCUT2D eigenvalue weighted by molar-refractivity contribution is 5.61. The van der Waals surface area contributed by atoms with E-state index < -0.39 is 17.8 Å². The van der Waals surface area contributed by atoms with Crippen molar-refractivity contribution in [1.29, 1.82) is 0 Å². The van der Waals surface area contributed by atoms with E-state index in [9.17, 15) is 13.2 Å². The molecule has 0 N–H and O–H groups in total. The van der Waals surface area contributed by atoms with Crippen LogP contribution in [0.4, 0.5) is 13.2 Å².